The first-order valence-electron chi connectivity index (χ1n) is 9.65. The number of aromatic nitrogens is 2. The van der Waals surface area contributed by atoms with Gasteiger partial charge in [0.05, 0.1) is 5.69 Å². The molecule has 1 amide bonds. The second-order valence-corrected chi connectivity index (χ2v) is 7.40. The fourth-order valence-electron chi connectivity index (χ4n) is 3.83. The number of carbonyl (C=O) groups excluding carboxylic acids is 1. The number of para-hydroxylation sites is 1. The van der Waals surface area contributed by atoms with Crippen LogP contribution in [0.25, 0.3) is 11.0 Å². The summed E-state index contributed by atoms with van der Waals surface area (Å²) in [6, 6.07) is 12.2. The molecule has 0 saturated carbocycles. The molecular weight excluding hydrogens is 359 g/mol. The first-order valence-corrected chi connectivity index (χ1v) is 9.65. The predicted molar refractivity (Wildman–Crippen MR) is 104 cm³/mol. The molecule has 2 heterocycles. The Balaban J connectivity index is 1.27. The maximum absolute atomic E-state index is 13.6. The number of nitrogens with one attached hydrogen (secondary N) is 1. The van der Waals surface area contributed by atoms with Crippen LogP contribution in [0, 0.1) is 11.7 Å². The van der Waals surface area contributed by atoms with Crippen LogP contribution in [0.2, 0.25) is 0 Å². The summed E-state index contributed by atoms with van der Waals surface area (Å²) >= 11 is 0. The van der Waals surface area contributed by atoms with E-state index in [9.17, 15) is 9.18 Å². The molecular formula is C21H23FN4O2. The lowest BCUT2D eigenvalue weighted by atomic mass is 9.93. The molecule has 0 unspecified atom stereocenters. The highest BCUT2D eigenvalue weighted by molar-refractivity contribution is 5.90. The molecule has 0 aliphatic carbocycles. The summed E-state index contributed by atoms with van der Waals surface area (Å²) in [5.74, 6) is -0.0669. The molecule has 7 heteroatoms. The van der Waals surface area contributed by atoms with Gasteiger partial charge in [0.15, 0.2) is 0 Å². The molecule has 1 N–H and O–H groups in total. The highest BCUT2D eigenvalue weighted by Gasteiger charge is 2.21. The lowest BCUT2D eigenvalue weighted by molar-refractivity contribution is -0.116. The quantitative estimate of drug-likeness (QED) is 0.698. The molecule has 1 aliphatic heterocycles. The second-order valence-electron chi connectivity index (χ2n) is 7.40. The van der Waals surface area contributed by atoms with E-state index in [1.807, 2.05) is 12.1 Å². The van der Waals surface area contributed by atoms with E-state index in [4.69, 9.17) is 4.63 Å². The molecule has 0 spiro atoms. The van der Waals surface area contributed by atoms with Crippen molar-refractivity contribution in [3.63, 3.8) is 0 Å². The number of anilines is 1. The third-order valence-corrected chi connectivity index (χ3v) is 5.26. The van der Waals surface area contributed by atoms with Gasteiger partial charge in [0, 0.05) is 19.5 Å². The van der Waals surface area contributed by atoms with Gasteiger partial charge in [-0.15, -0.1) is 0 Å². The van der Waals surface area contributed by atoms with E-state index in [0.717, 1.165) is 49.9 Å². The molecule has 1 fully saturated rings. The van der Waals surface area contributed by atoms with Gasteiger partial charge < -0.3 is 5.32 Å². The van der Waals surface area contributed by atoms with Crippen molar-refractivity contribution in [3.05, 3.63) is 53.8 Å². The molecule has 2 aromatic carbocycles. The third kappa shape index (κ3) is 4.54. The van der Waals surface area contributed by atoms with Crippen LogP contribution in [-0.4, -0.2) is 34.2 Å². The lowest BCUT2D eigenvalue weighted by Gasteiger charge is -2.32. The van der Waals surface area contributed by atoms with E-state index in [1.54, 1.807) is 18.2 Å². The fraction of sp³-hybridized carbons (Fsp3) is 0.381. The molecule has 1 saturated heterocycles. The van der Waals surface area contributed by atoms with E-state index < -0.39 is 5.82 Å². The normalized spacial score (nSPS) is 17.7. The van der Waals surface area contributed by atoms with Crippen molar-refractivity contribution in [2.75, 3.05) is 18.4 Å². The molecule has 28 heavy (non-hydrogen) atoms. The highest BCUT2D eigenvalue weighted by atomic mass is 19.1. The van der Waals surface area contributed by atoms with Gasteiger partial charge in [0.2, 0.25) is 5.91 Å². The molecule has 3 aromatic rings. The molecule has 1 aliphatic rings. The van der Waals surface area contributed by atoms with Crippen LogP contribution < -0.4 is 5.32 Å². The average molecular weight is 382 g/mol. The standard InChI is InChI=1S/C21H23FN4O2/c22-17-5-1-2-6-18(17)23-21(27)10-8-15-4-3-11-26(13-15)14-16-7-9-19-20(12-16)25-28-24-19/h1-2,5-7,9,12,15H,3-4,8,10-11,13-14H2,(H,23,27)/t15-/m0/s1. The molecule has 0 bridgehead atoms. The summed E-state index contributed by atoms with van der Waals surface area (Å²) in [6.45, 7) is 2.86. The number of benzene rings is 2. The van der Waals surface area contributed by atoms with Crippen molar-refractivity contribution in [1.82, 2.24) is 15.2 Å². The SMILES string of the molecule is O=C(CC[C@@H]1CCCN(Cc2ccc3nonc3c2)C1)Nc1ccccc1F. The highest BCUT2D eigenvalue weighted by Crippen LogP contribution is 2.24. The van der Waals surface area contributed by atoms with E-state index in [0.29, 0.717) is 12.3 Å². The summed E-state index contributed by atoms with van der Waals surface area (Å²) in [5.41, 5.74) is 2.97. The lowest BCUT2D eigenvalue weighted by Crippen LogP contribution is -2.35. The summed E-state index contributed by atoms with van der Waals surface area (Å²) < 4.78 is 18.4. The predicted octanol–water partition coefficient (Wildman–Crippen LogP) is 3.99. The second kappa shape index (κ2) is 8.48. The number of fused-ring (bicyclic) bond motifs is 1. The fourth-order valence-corrected chi connectivity index (χ4v) is 3.83. The Morgan fingerprint density at radius 1 is 1.21 bits per heavy atom. The van der Waals surface area contributed by atoms with Crippen LogP contribution in [0.15, 0.2) is 47.1 Å². The number of hydrogen-bond donors (Lipinski definition) is 1. The number of carbonyl (C=O) groups is 1. The van der Waals surface area contributed by atoms with Gasteiger partial charge in [0.1, 0.15) is 16.9 Å². The van der Waals surface area contributed by atoms with Crippen LogP contribution in [0.4, 0.5) is 10.1 Å². The third-order valence-electron chi connectivity index (χ3n) is 5.26. The smallest absolute Gasteiger partial charge is 0.224 e. The zero-order valence-corrected chi connectivity index (χ0v) is 15.6. The molecule has 1 atom stereocenters. The van der Waals surface area contributed by atoms with Crippen molar-refractivity contribution in [3.8, 4) is 0 Å². The summed E-state index contributed by atoms with van der Waals surface area (Å²) in [7, 11) is 0. The van der Waals surface area contributed by atoms with Crippen LogP contribution in [0.5, 0.6) is 0 Å². The molecule has 1 aromatic heterocycles. The zero-order valence-electron chi connectivity index (χ0n) is 15.6. The van der Waals surface area contributed by atoms with Gasteiger partial charge in [-0.3, -0.25) is 9.69 Å². The minimum atomic E-state index is -0.404. The maximum atomic E-state index is 13.6. The Morgan fingerprint density at radius 3 is 2.96 bits per heavy atom. The van der Waals surface area contributed by atoms with E-state index in [1.165, 1.54) is 11.6 Å². The number of rotatable bonds is 6. The Labute approximate surface area is 162 Å². The Hall–Kier alpha value is -2.80. The number of piperidine rings is 1. The van der Waals surface area contributed by atoms with E-state index >= 15 is 0 Å². The largest absolute Gasteiger partial charge is 0.324 e. The van der Waals surface area contributed by atoms with Crippen LogP contribution >= 0.6 is 0 Å². The maximum Gasteiger partial charge on any atom is 0.224 e. The number of amides is 1. The summed E-state index contributed by atoms with van der Waals surface area (Å²) in [5, 5.41) is 10.4. The van der Waals surface area contributed by atoms with Crippen LogP contribution in [0.1, 0.15) is 31.2 Å². The van der Waals surface area contributed by atoms with Crippen molar-refractivity contribution < 1.29 is 13.8 Å². The van der Waals surface area contributed by atoms with Gasteiger partial charge in [-0.2, -0.15) is 0 Å². The Bertz CT molecular complexity index is 958. The van der Waals surface area contributed by atoms with Gasteiger partial charge in [-0.1, -0.05) is 18.2 Å². The number of likely N-dealkylation sites (tertiary alicyclic amines) is 1. The van der Waals surface area contributed by atoms with Crippen LogP contribution in [-0.2, 0) is 11.3 Å². The van der Waals surface area contributed by atoms with Crippen molar-refractivity contribution in [2.45, 2.75) is 32.2 Å². The van der Waals surface area contributed by atoms with Gasteiger partial charge >= 0.3 is 0 Å². The minimum absolute atomic E-state index is 0.133. The minimum Gasteiger partial charge on any atom is -0.324 e. The van der Waals surface area contributed by atoms with E-state index in [-0.39, 0.29) is 11.6 Å². The monoisotopic (exact) mass is 382 g/mol. The number of nitrogens with zero attached hydrogens (tertiary/aromatic N) is 3. The van der Waals surface area contributed by atoms with Crippen molar-refractivity contribution in [1.29, 1.82) is 0 Å². The molecule has 146 valence electrons. The van der Waals surface area contributed by atoms with Crippen LogP contribution in [0.3, 0.4) is 0 Å². The van der Waals surface area contributed by atoms with Crippen molar-refractivity contribution in [2.24, 2.45) is 5.92 Å². The van der Waals surface area contributed by atoms with Gasteiger partial charge in [0.25, 0.3) is 0 Å². The first-order chi connectivity index (χ1) is 13.7. The Kier molecular flexibility index (Phi) is 5.62. The van der Waals surface area contributed by atoms with Crippen molar-refractivity contribution >= 4 is 22.6 Å². The van der Waals surface area contributed by atoms with Gasteiger partial charge in [-0.25, -0.2) is 9.02 Å². The first kappa shape index (κ1) is 18.6. The average Bonchev–Trinajstić information content (AvgIpc) is 3.16. The molecule has 0 radical (unpaired) electrons. The zero-order chi connectivity index (χ0) is 19.3. The topological polar surface area (TPSA) is 71.3 Å². The summed E-state index contributed by atoms with van der Waals surface area (Å²) in [6.07, 6.45) is 3.45. The van der Waals surface area contributed by atoms with E-state index in [2.05, 4.69) is 26.6 Å². The van der Waals surface area contributed by atoms with Gasteiger partial charge in [-0.05, 0) is 71.9 Å². The number of halogens is 1. The molecule has 6 nitrogen and oxygen atoms in total. The summed E-state index contributed by atoms with van der Waals surface area (Å²) in [4.78, 5) is 14.6. The molecule has 4 rings (SSSR count). The number of hydrogen-bond acceptors (Lipinski definition) is 5. The Morgan fingerprint density at radius 2 is 2.07 bits per heavy atom.